The number of carbonyl (C=O) groups is 1. The van der Waals surface area contributed by atoms with Crippen LogP contribution in [0.2, 0.25) is 0 Å². The van der Waals surface area contributed by atoms with Gasteiger partial charge in [-0.1, -0.05) is 35.9 Å². The minimum Gasteiger partial charge on any atom is -0.481 e. The summed E-state index contributed by atoms with van der Waals surface area (Å²) in [5.74, 6) is -0.797. The van der Waals surface area contributed by atoms with E-state index in [4.69, 9.17) is 5.11 Å². The monoisotopic (exact) mass is 307 g/mol. The summed E-state index contributed by atoms with van der Waals surface area (Å²) in [7, 11) is 0. The Morgan fingerprint density at radius 3 is 2.57 bits per heavy atom. The summed E-state index contributed by atoms with van der Waals surface area (Å²) in [6, 6.07) is 12.4. The average Bonchev–Trinajstić information content (AvgIpc) is 2.78. The van der Waals surface area contributed by atoms with Gasteiger partial charge in [-0.3, -0.25) is 4.79 Å². The van der Waals surface area contributed by atoms with Gasteiger partial charge in [-0.2, -0.15) is 0 Å². The molecule has 0 bridgehead atoms. The van der Waals surface area contributed by atoms with Gasteiger partial charge in [-0.05, 0) is 49.1 Å². The third-order valence-electron chi connectivity index (χ3n) is 4.35. The summed E-state index contributed by atoms with van der Waals surface area (Å²) < 4.78 is 2.22. The highest BCUT2D eigenvalue weighted by molar-refractivity contribution is 5.85. The lowest BCUT2D eigenvalue weighted by Gasteiger charge is -2.10. The van der Waals surface area contributed by atoms with Crippen LogP contribution in [0.15, 0.2) is 42.6 Å². The van der Waals surface area contributed by atoms with Crippen LogP contribution in [0.1, 0.15) is 27.8 Å². The lowest BCUT2D eigenvalue weighted by Crippen LogP contribution is -2.02. The van der Waals surface area contributed by atoms with Gasteiger partial charge in [0.1, 0.15) is 0 Å². The molecule has 0 fully saturated rings. The molecule has 2 aromatic carbocycles. The second-order valence-electron chi connectivity index (χ2n) is 6.29. The van der Waals surface area contributed by atoms with Crippen LogP contribution < -0.4 is 0 Å². The SMILES string of the molecule is Cc1ccc(C)c(Cn2cc(C)c3ccc(CC(=O)O)cc32)c1. The van der Waals surface area contributed by atoms with Gasteiger partial charge < -0.3 is 9.67 Å². The number of fused-ring (bicyclic) bond motifs is 1. The quantitative estimate of drug-likeness (QED) is 0.783. The van der Waals surface area contributed by atoms with Crippen molar-refractivity contribution < 1.29 is 9.90 Å². The van der Waals surface area contributed by atoms with Crippen molar-refractivity contribution in [2.24, 2.45) is 0 Å². The number of carboxylic acid groups (broad SMARTS) is 1. The third kappa shape index (κ3) is 3.14. The van der Waals surface area contributed by atoms with Crippen LogP contribution in [0, 0.1) is 20.8 Å². The van der Waals surface area contributed by atoms with E-state index in [-0.39, 0.29) is 6.42 Å². The molecule has 0 aliphatic carbocycles. The van der Waals surface area contributed by atoms with E-state index in [1.54, 1.807) is 0 Å². The Hall–Kier alpha value is -2.55. The maximum absolute atomic E-state index is 11.0. The fourth-order valence-electron chi connectivity index (χ4n) is 3.09. The van der Waals surface area contributed by atoms with Crippen molar-refractivity contribution in [3.63, 3.8) is 0 Å². The molecule has 0 saturated carbocycles. The fraction of sp³-hybridized carbons (Fsp3) is 0.250. The summed E-state index contributed by atoms with van der Waals surface area (Å²) >= 11 is 0. The van der Waals surface area contributed by atoms with E-state index in [2.05, 4.69) is 49.7 Å². The van der Waals surface area contributed by atoms with E-state index in [9.17, 15) is 4.79 Å². The van der Waals surface area contributed by atoms with Crippen LogP contribution in [0.5, 0.6) is 0 Å². The molecule has 1 heterocycles. The summed E-state index contributed by atoms with van der Waals surface area (Å²) in [6.45, 7) is 7.13. The molecular formula is C20H21NO2. The summed E-state index contributed by atoms with van der Waals surface area (Å²) in [6.07, 6.45) is 2.21. The topological polar surface area (TPSA) is 42.2 Å². The number of hydrogen-bond donors (Lipinski definition) is 1. The standard InChI is InChI=1S/C20H21NO2/c1-13-4-5-14(2)17(8-13)12-21-11-15(3)18-7-6-16(9-19(18)21)10-20(22)23/h4-9,11H,10,12H2,1-3H3,(H,22,23). The van der Waals surface area contributed by atoms with E-state index in [1.165, 1.54) is 27.6 Å². The van der Waals surface area contributed by atoms with Gasteiger partial charge in [-0.25, -0.2) is 0 Å². The first kappa shape index (κ1) is 15.3. The first-order chi connectivity index (χ1) is 10.9. The lowest BCUT2D eigenvalue weighted by molar-refractivity contribution is -0.136. The number of benzene rings is 2. The number of rotatable bonds is 4. The van der Waals surface area contributed by atoms with E-state index in [0.717, 1.165) is 17.6 Å². The molecule has 0 saturated heterocycles. The van der Waals surface area contributed by atoms with Gasteiger partial charge in [0, 0.05) is 23.6 Å². The second kappa shape index (κ2) is 5.92. The Morgan fingerprint density at radius 2 is 1.83 bits per heavy atom. The number of aryl methyl sites for hydroxylation is 3. The zero-order valence-corrected chi connectivity index (χ0v) is 13.8. The lowest BCUT2D eigenvalue weighted by atomic mass is 10.1. The summed E-state index contributed by atoms with van der Waals surface area (Å²) in [5.41, 5.74) is 6.98. The Balaban J connectivity index is 2.06. The highest BCUT2D eigenvalue weighted by atomic mass is 16.4. The van der Waals surface area contributed by atoms with E-state index in [0.29, 0.717) is 0 Å². The van der Waals surface area contributed by atoms with Crippen LogP contribution in [0.25, 0.3) is 10.9 Å². The van der Waals surface area contributed by atoms with Crippen LogP contribution in [-0.4, -0.2) is 15.6 Å². The van der Waals surface area contributed by atoms with Gasteiger partial charge in [0.15, 0.2) is 0 Å². The van der Waals surface area contributed by atoms with Crippen LogP contribution in [0.3, 0.4) is 0 Å². The molecule has 3 aromatic rings. The molecule has 1 aromatic heterocycles. The predicted molar refractivity (Wildman–Crippen MR) is 93.0 cm³/mol. The maximum atomic E-state index is 11.0. The van der Waals surface area contributed by atoms with Crippen molar-refractivity contribution >= 4 is 16.9 Å². The second-order valence-corrected chi connectivity index (χ2v) is 6.29. The molecule has 0 aliphatic heterocycles. The van der Waals surface area contributed by atoms with Crippen molar-refractivity contribution in [3.8, 4) is 0 Å². The molecule has 0 radical (unpaired) electrons. The molecule has 0 atom stereocenters. The van der Waals surface area contributed by atoms with Gasteiger partial charge in [0.05, 0.1) is 6.42 Å². The molecule has 0 spiro atoms. The van der Waals surface area contributed by atoms with Crippen molar-refractivity contribution in [2.45, 2.75) is 33.7 Å². The Labute approximate surface area is 136 Å². The number of aromatic nitrogens is 1. The van der Waals surface area contributed by atoms with Crippen LogP contribution in [-0.2, 0) is 17.8 Å². The number of carboxylic acids is 1. The smallest absolute Gasteiger partial charge is 0.307 e. The molecule has 1 N–H and O–H groups in total. The molecule has 3 heteroatoms. The zero-order chi connectivity index (χ0) is 16.6. The normalized spacial score (nSPS) is 11.1. The largest absolute Gasteiger partial charge is 0.481 e. The molecule has 0 amide bonds. The third-order valence-corrected chi connectivity index (χ3v) is 4.35. The fourth-order valence-corrected chi connectivity index (χ4v) is 3.09. The van der Waals surface area contributed by atoms with E-state index < -0.39 is 5.97 Å². The minimum absolute atomic E-state index is 0.0592. The van der Waals surface area contributed by atoms with Crippen LogP contribution in [0.4, 0.5) is 0 Å². The molecular weight excluding hydrogens is 286 g/mol. The summed E-state index contributed by atoms with van der Waals surface area (Å²) in [4.78, 5) is 11.0. The summed E-state index contributed by atoms with van der Waals surface area (Å²) in [5, 5.41) is 10.2. The first-order valence-corrected chi connectivity index (χ1v) is 7.80. The van der Waals surface area contributed by atoms with Crippen molar-refractivity contribution in [3.05, 3.63) is 70.4 Å². The van der Waals surface area contributed by atoms with Crippen molar-refractivity contribution in [2.75, 3.05) is 0 Å². The molecule has 0 aliphatic rings. The maximum Gasteiger partial charge on any atom is 0.307 e. The Bertz CT molecular complexity index is 890. The van der Waals surface area contributed by atoms with E-state index in [1.807, 2.05) is 18.2 Å². The van der Waals surface area contributed by atoms with Gasteiger partial charge in [-0.15, -0.1) is 0 Å². The predicted octanol–water partition coefficient (Wildman–Crippen LogP) is 4.24. The Morgan fingerprint density at radius 1 is 1.04 bits per heavy atom. The van der Waals surface area contributed by atoms with Gasteiger partial charge >= 0.3 is 5.97 Å². The first-order valence-electron chi connectivity index (χ1n) is 7.80. The molecule has 3 rings (SSSR count). The molecule has 3 nitrogen and oxygen atoms in total. The van der Waals surface area contributed by atoms with Gasteiger partial charge in [0.2, 0.25) is 0 Å². The molecule has 0 unspecified atom stereocenters. The van der Waals surface area contributed by atoms with Crippen molar-refractivity contribution in [1.82, 2.24) is 4.57 Å². The van der Waals surface area contributed by atoms with Gasteiger partial charge in [0.25, 0.3) is 0 Å². The number of hydrogen-bond acceptors (Lipinski definition) is 1. The molecule has 23 heavy (non-hydrogen) atoms. The Kier molecular flexibility index (Phi) is 3.95. The minimum atomic E-state index is -0.797. The zero-order valence-electron chi connectivity index (χ0n) is 13.8. The average molecular weight is 307 g/mol. The molecule has 118 valence electrons. The van der Waals surface area contributed by atoms with E-state index >= 15 is 0 Å². The number of aliphatic carboxylic acids is 1. The number of nitrogens with zero attached hydrogens (tertiary/aromatic N) is 1. The van der Waals surface area contributed by atoms with Crippen molar-refractivity contribution in [1.29, 1.82) is 0 Å². The highest BCUT2D eigenvalue weighted by Gasteiger charge is 2.09. The highest BCUT2D eigenvalue weighted by Crippen LogP contribution is 2.24. The van der Waals surface area contributed by atoms with Crippen LogP contribution >= 0.6 is 0 Å².